The summed E-state index contributed by atoms with van der Waals surface area (Å²) in [5.41, 5.74) is 7.56. The summed E-state index contributed by atoms with van der Waals surface area (Å²) < 4.78 is 2.06. The summed E-state index contributed by atoms with van der Waals surface area (Å²) in [6.45, 7) is 0.932. The fourth-order valence-electron chi connectivity index (χ4n) is 8.51. The van der Waals surface area contributed by atoms with Gasteiger partial charge in [-0.3, -0.25) is 9.48 Å². The van der Waals surface area contributed by atoms with Crippen molar-refractivity contribution in [3.05, 3.63) is 47.5 Å². The SMILES string of the molecule is N[C@H]1CC[C@@H](N[C@H](Cc2ccc(Cl)cc2)C(=O)N2C3CCC2CC(Cn2cncn2)(C2CCCCC2)C3)CC1. The van der Waals surface area contributed by atoms with E-state index in [0.29, 0.717) is 42.4 Å². The van der Waals surface area contributed by atoms with Crippen LogP contribution < -0.4 is 11.1 Å². The van der Waals surface area contributed by atoms with Crippen molar-refractivity contribution < 1.29 is 4.79 Å². The molecule has 1 aromatic heterocycles. The minimum Gasteiger partial charge on any atom is -0.335 e. The molecule has 6 rings (SSSR count). The molecule has 2 saturated heterocycles. The van der Waals surface area contributed by atoms with Crippen LogP contribution in [0.5, 0.6) is 0 Å². The Balaban J connectivity index is 1.23. The highest BCUT2D eigenvalue weighted by molar-refractivity contribution is 6.30. The first kappa shape index (κ1) is 27.2. The van der Waals surface area contributed by atoms with Crippen molar-refractivity contribution >= 4 is 17.5 Å². The lowest BCUT2D eigenvalue weighted by Crippen LogP contribution is -2.59. The highest BCUT2D eigenvalue weighted by atomic mass is 35.5. The van der Waals surface area contributed by atoms with Gasteiger partial charge in [0.25, 0.3) is 0 Å². The molecule has 2 aliphatic heterocycles. The molecule has 2 unspecified atom stereocenters. The first-order chi connectivity index (χ1) is 19.0. The van der Waals surface area contributed by atoms with Crippen molar-refractivity contribution in [2.45, 2.75) is 127 Å². The Kier molecular flexibility index (Phi) is 8.29. The van der Waals surface area contributed by atoms with E-state index in [1.54, 1.807) is 6.33 Å². The number of aromatic nitrogens is 3. The van der Waals surface area contributed by atoms with Gasteiger partial charge in [0.1, 0.15) is 12.7 Å². The van der Waals surface area contributed by atoms with E-state index in [4.69, 9.17) is 17.3 Å². The van der Waals surface area contributed by atoms with Gasteiger partial charge in [0.05, 0.1) is 6.04 Å². The van der Waals surface area contributed by atoms with Gasteiger partial charge in [-0.1, -0.05) is 43.0 Å². The first-order valence-electron chi connectivity index (χ1n) is 15.4. The van der Waals surface area contributed by atoms with Crippen LogP contribution in [-0.2, 0) is 17.8 Å². The van der Waals surface area contributed by atoms with Gasteiger partial charge >= 0.3 is 0 Å². The van der Waals surface area contributed by atoms with Gasteiger partial charge in [0.2, 0.25) is 5.91 Å². The first-order valence-corrected chi connectivity index (χ1v) is 15.8. The van der Waals surface area contributed by atoms with Crippen LogP contribution in [0.2, 0.25) is 5.02 Å². The zero-order valence-electron chi connectivity index (χ0n) is 23.2. The maximum Gasteiger partial charge on any atom is 0.240 e. The predicted octanol–water partition coefficient (Wildman–Crippen LogP) is 5.12. The van der Waals surface area contributed by atoms with Gasteiger partial charge in [0, 0.05) is 35.7 Å². The minimum atomic E-state index is -0.217. The van der Waals surface area contributed by atoms with Gasteiger partial charge in [-0.25, -0.2) is 4.98 Å². The van der Waals surface area contributed by atoms with Crippen LogP contribution in [0.1, 0.15) is 89.0 Å². The van der Waals surface area contributed by atoms with E-state index >= 15 is 0 Å². The number of piperidine rings is 1. The highest BCUT2D eigenvalue weighted by Crippen LogP contribution is 2.54. The lowest BCUT2D eigenvalue weighted by Gasteiger charge is -2.52. The van der Waals surface area contributed by atoms with Crippen molar-refractivity contribution in [2.75, 3.05) is 0 Å². The van der Waals surface area contributed by atoms with Gasteiger partial charge in [-0.05, 0) is 99.7 Å². The maximum atomic E-state index is 14.5. The maximum absolute atomic E-state index is 14.5. The number of fused-ring (bicyclic) bond motifs is 2. The van der Waals surface area contributed by atoms with Crippen LogP contribution >= 0.6 is 11.6 Å². The molecule has 3 heterocycles. The third kappa shape index (κ3) is 6.06. The molecule has 0 radical (unpaired) electrons. The van der Waals surface area contributed by atoms with E-state index in [2.05, 4.69) is 37.1 Å². The molecule has 4 fully saturated rings. The lowest BCUT2D eigenvalue weighted by atomic mass is 9.62. The zero-order chi connectivity index (χ0) is 26.8. The van der Waals surface area contributed by atoms with E-state index in [1.807, 2.05) is 18.5 Å². The summed E-state index contributed by atoms with van der Waals surface area (Å²) in [4.78, 5) is 21.0. The van der Waals surface area contributed by atoms with E-state index in [9.17, 15) is 4.79 Å². The van der Waals surface area contributed by atoms with Crippen LogP contribution in [0.25, 0.3) is 0 Å². The van der Waals surface area contributed by atoms with Gasteiger partial charge < -0.3 is 16.0 Å². The highest BCUT2D eigenvalue weighted by Gasteiger charge is 2.54. The summed E-state index contributed by atoms with van der Waals surface area (Å²) in [5.74, 6) is 1.01. The van der Waals surface area contributed by atoms with Crippen LogP contribution in [0, 0.1) is 11.3 Å². The molecule has 1 aromatic carbocycles. The van der Waals surface area contributed by atoms with Gasteiger partial charge in [-0.2, -0.15) is 5.10 Å². The Labute approximate surface area is 238 Å². The largest absolute Gasteiger partial charge is 0.335 e. The normalized spacial score (nSPS) is 32.3. The molecule has 0 spiro atoms. The molecule has 7 nitrogen and oxygen atoms in total. The predicted molar refractivity (Wildman–Crippen MR) is 154 cm³/mol. The summed E-state index contributed by atoms with van der Waals surface area (Å²) in [6, 6.07) is 9.07. The smallest absolute Gasteiger partial charge is 0.240 e. The van der Waals surface area contributed by atoms with Crippen molar-refractivity contribution in [1.29, 1.82) is 0 Å². The van der Waals surface area contributed by atoms with E-state index in [0.717, 1.165) is 68.5 Å². The number of carbonyl (C=O) groups excluding carboxylic acids is 1. The molecular formula is C31H45ClN6O. The average molecular weight is 553 g/mol. The molecular weight excluding hydrogens is 508 g/mol. The second-order valence-corrected chi connectivity index (χ2v) is 13.4. The Bertz CT molecular complexity index is 1060. The van der Waals surface area contributed by atoms with Crippen LogP contribution in [0.3, 0.4) is 0 Å². The molecule has 2 aliphatic carbocycles. The molecule has 4 aliphatic rings. The number of hydrogen-bond acceptors (Lipinski definition) is 5. The molecule has 3 N–H and O–H groups in total. The summed E-state index contributed by atoms with van der Waals surface area (Å²) in [7, 11) is 0. The fraction of sp³-hybridized carbons (Fsp3) is 0.710. The number of amides is 1. The fourth-order valence-corrected chi connectivity index (χ4v) is 8.64. The van der Waals surface area contributed by atoms with Gasteiger partial charge in [-0.15, -0.1) is 0 Å². The van der Waals surface area contributed by atoms with E-state index in [-0.39, 0.29) is 11.5 Å². The number of nitrogens with two attached hydrogens (primary N) is 1. The quantitative estimate of drug-likeness (QED) is 0.474. The Morgan fingerprint density at radius 1 is 1.00 bits per heavy atom. The molecule has 2 aromatic rings. The second kappa shape index (κ2) is 11.9. The van der Waals surface area contributed by atoms with Gasteiger partial charge in [0.15, 0.2) is 0 Å². The second-order valence-electron chi connectivity index (χ2n) is 13.0. The molecule has 39 heavy (non-hydrogen) atoms. The van der Waals surface area contributed by atoms with Crippen LogP contribution in [0.15, 0.2) is 36.9 Å². The van der Waals surface area contributed by atoms with E-state index < -0.39 is 0 Å². The van der Waals surface area contributed by atoms with Crippen LogP contribution in [0.4, 0.5) is 0 Å². The number of hydrogen-bond donors (Lipinski definition) is 2. The molecule has 212 valence electrons. The molecule has 2 bridgehead atoms. The summed E-state index contributed by atoms with van der Waals surface area (Å²) in [6.07, 6.45) is 19.4. The monoisotopic (exact) mass is 552 g/mol. The minimum absolute atomic E-state index is 0.204. The van der Waals surface area contributed by atoms with Crippen molar-refractivity contribution in [3.8, 4) is 0 Å². The van der Waals surface area contributed by atoms with Crippen molar-refractivity contribution in [1.82, 2.24) is 25.0 Å². The third-order valence-electron chi connectivity index (χ3n) is 10.4. The summed E-state index contributed by atoms with van der Waals surface area (Å²) in [5, 5.41) is 9.08. The van der Waals surface area contributed by atoms with Crippen molar-refractivity contribution in [3.63, 3.8) is 0 Å². The van der Waals surface area contributed by atoms with E-state index in [1.165, 1.54) is 32.1 Å². The lowest BCUT2D eigenvalue weighted by molar-refractivity contribution is -0.143. The number of halogens is 1. The zero-order valence-corrected chi connectivity index (χ0v) is 23.9. The molecule has 8 heteroatoms. The third-order valence-corrected chi connectivity index (χ3v) is 10.7. The standard InChI is InChI=1S/C31H45ClN6O/c32-24-8-6-22(7-9-24)16-29(36-26-12-10-25(33)11-13-26)30(39)38-27-14-15-28(38)18-31(17-27,19-37-21-34-20-35-37)23-4-2-1-3-5-23/h6-9,20-21,23,25-29,36H,1-5,10-19,33H2/t25-,26+,27?,28?,29-,31?/m1/s1. The number of rotatable bonds is 8. The topological polar surface area (TPSA) is 89.1 Å². The number of benzene rings is 1. The summed E-state index contributed by atoms with van der Waals surface area (Å²) >= 11 is 6.18. The average Bonchev–Trinajstić information content (AvgIpc) is 3.56. The molecule has 2 saturated carbocycles. The molecule has 1 amide bonds. The van der Waals surface area contributed by atoms with Crippen molar-refractivity contribution in [2.24, 2.45) is 17.1 Å². The van der Waals surface area contributed by atoms with Crippen LogP contribution in [-0.4, -0.2) is 55.8 Å². The number of nitrogens with zero attached hydrogens (tertiary/aromatic N) is 4. The number of carbonyl (C=O) groups is 1. The number of nitrogens with one attached hydrogen (secondary N) is 1. The Morgan fingerprint density at radius 2 is 1.69 bits per heavy atom. The molecule has 3 atom stereocenters. The Hall–Kier alpha value is -1.96. The Morgan fingerprint density at radius 3 is 2.33 bits per heavy atom.